The van der Waals surface area contributed by atoms with Crippen LogP contribution in [0.1, 0.15) is 0 Å². The normalized spacial score (nSPS) is 12.5. The molecule has 60 valence electrons. The molecule has 11 heavy (non-hydrogen) atoms. The van der Waals surface area contributed by atoms with Crippen LogP contribution in [0.2, 0.25) is 0 Å². The summed E-state index contributed by atoms with van der Waals surface area (Å²) in [4.78, 5) is 0. The van der Waals surface area contributed by atoms with E-state index in [0.29, 0.717) is 5.69 Å². The van der Waals surface area contributed by atoms with Gasteiger partial charge in [0.1, 0.15) is 0 Å². The van der Waals surface area contributed by atoms with Gasteiger partial charge in [-0.25, -0.2) is 0 Å². The monoisotopic (exact) mass is 217 g/mol. The standard InChI is InChI=1S/C6H8AsNO3/c9-7(10)11-8-6-4-2-1-3-5-6/h1-5,7-8H,(H,9,10). The molecule has 0 amide bonds. The Hall–Kier alpha value is -0.702. The fraction of sp³-hybridized carbons (Fsp3) is 0. The molecular formula is C6H8AsNO3. The molecule has 0 radical (unpaired) electrons. The first kappa shape index (κ1) is 8.40. The van der Waals surface area contributed by atoms with Crippen LogP contribution in [0.3, 0.4) is 0 Å². The van der Waals surface area contributed by atoms with Crippen molar-refractivity contribution in [2.75, 3.05) is 5.48 Å². The summed E-state index contributed by atoms with van der Waals surface area (Å²) in [5.41, 5.74) is 3.02. The minimum atomic E-state index is -3.43. The summed E-state index contributed by atoms with van der Waals surface area (Å²) in [6.07, 6.45) is 0. The number of para-hydroxylation sites is 1. The van der Waals surface area contributed by atoms with Gasteiger partial charge in [-0.15, -0.1) is 0 Å². The third-order valence-corrected chi connectivity index (χ3v) is 1.61. The Kier molecular flexibility index (Phi) is 3.23. The average molecular weight is 217 g/mol. The molecule has 0 saturated carbocycles. The van der Waals surface area contributed by atoms with Crippen LogP contribution in [0.15, 0.2) is 30.3 Å². The molecule has 0 saturated heterocycles. The third kappa shape index (κ3) is 3.27. The van der Waals surface area contributed by atoms with Gasteiger partial charge in [-0.3, -0.25) is 0 Å². The van der Waals surface area contributed by atoms with Crippen molar-refractivity contribution in [3.8, 4) is 0 Å². The van der Waals surface area contributed by atoms with Gasteiger partial charge in [0.25, 0.3) is 0 Å². The maximum absolute atomic E-state index is 10.1. The number of nitrogens with one attached hydrogen (secondary N) is 1. The van der Waals surface area contributed by atoms with Crippen LogP contribution >= 0.6 is 0 Å². The Morgan fingerprint density at radius 1 is 1.36 bits per heavy atom. The molecule has 0 heterocycles. The Morgan fingerprint density at radius 3 is 2.55 bits per heavy atom. The van der Waals surface area contributed by atoms with Crippen LogP contribution < -0.4 is 5.48 Å². The first-order valence-electron chi connectivity index (χ1n) is 3.00. The topological polar surface area (TPSA) is 58.6 Å². The average Bonchev–Trinajstić information content (AvgIpc) is 2.03. The maximum atomic E-state index is 10.1. The molecule has 1 aromatic carbocycles. The predicted molar refractivity (Wildman–Crippen MR) is 41.2 cm³/mol. The second-order valence-electron chi connectivity index (χ2n) is 1.84. The predicted octanol–water partition coefficient (Wildman–Crippen LogP) is 0.170. The molecule has 0 aromatic heterocycles. The summed E-state index contributed by atoms with van der Waals surface area (Å²) in [6, 6.07) is 8.92. The van der Waals surface area contributed by atoms with Crippen LogP contribution in [0.4, 0.5) is 5.69 Å². The van der Waals surface area contributed by atoms with E-state index in [1.165, 1.54) is 0 Å². The van der Waals surface area contributed by atoms with Gasteiger partial charge in [-0.1, -0.05) is 0 Å². The van der Waals surface area contributed by atoms with E-state index in [0.717, 1.165) is 0 Å². The van der Waals surface area contributed by atoms with E-state index in [1.807, 2.05) is 6.07 Å². The summed E-state index contributed by atoms with van der Waals surface area (Å²) in [5.74, 6) is 0. The Balaban J connectivity index is 2.45. The molecule has 0 spiro atoms. The quantitative estimate of drug-likeness (QED) is 0.559. The van der Waals surface area contributed by atoms with Crippen LogP contribution in [-0.4, -0.2) is 19.4 Å². The van der Waals surface area contributed by atoms with Crippen molar-refractivity contribution in [1.82, 2.24) is 0 Å². The van der Waals surface area contributed by atoms with E-state index >= 15 is 0 Å². The summed E-state index contributed by atoms with van der Waals surface area (Å²) in [7, 11) is 0. The van der Waals surface area contributed by atoms with Crippen molar-refractivity contribution >= 4 is 21.0 Å². The third-order valence-electron chi connectivity index (χ3n) is 1.03. The minimum absolute atomic E-state index is 0.669. The van der Waals surface area contributed by atoms with Gasteiger partial charge in [0.15, 0.2) is 0 Å². The van der Waals surface area contributed by atoms with Crippen molar-refractivity contribution in [2.45, 2.75) is 0 Å². The second-order valence-corrected chi connectivity index (χ2v) is 3.38. The van der Waals surface area contributed by atoms with Gasteiger partial charge in [-0.2, -0.15) is 0 Å². The first-order chi connectivity index (χ1) is 5.29. The molecule has 1 atom stereocenters. The van der Waals surface area contributed by atoms with E-state index < -0.39 is 15.3 Å². The Labute approximate surface area is 68.9 Å². The Bertz CT molecular complexity index is 239. The zero-order chi connectivity index (χ0) is 8.10. The summed E-state index contributed by atoms with van der Waals surface area (Å²) in [6.45, 7) is 0. The van der Waals surface area contributed by atoms with Gasteiger partial charge in [0, 0.05) is 0 Å². The summed E-state index contributed by atoms with van der Waals surface area (Å²) >= 11 is -3.43. The van der Waals surface area contributed by atoms with Gasteiger partial charge in [-0.05, 0) is 0 Å². The summed E-state index contributed by atoms with van der Waals surface area (Å²) < 4.78 is 22.8. The van der Waals surface area contributed by atoms with Crippen LogP contribution in [0.25, 0.3) is 0 Å². The van der Waals surface area contributed by atoms with E-state index in [2.05, 4.69) is 9.31 Å². The van der Waals surface area contributed by atoms with E-state index in [9.17, 15) is 3.74 Å². The SMILES string of the molecule is O=[AsH](O)ONc1ccccc1. The van der Waals surface area contributed by atoms with Gasteiger partial charge in [0.2, 0.25) is 0 Å². The molecule has 0 aliphatic rings. The van der Waals surface area contributed by atoms with Gasteiger partial charge in [0.05, 0.1) is 0 Å². The van der Waals surface area contributed by atoms with E-state index in [4.69, 9.17) is 4.10 Å². The second kappa shape index (κ2) is 4.23. The molecule has 1 rings (SSSR count). The molecular weight excluding hydrogens is 209 g/mol. The van der Waals surface area contributed by atoms with Crippen molar-refractivity contribution < 1.29 is 11.7 Å². The zero-order valence-electron chi connectivity index (χ0n) is 5.65. The summed E-state index contributed by atoms with van der Waals surface area (Å²) in [5, 5.41) is 0. The van der Waals surface area contributed by atoms with Gasteiger partial charge >= 0.3 is 68.4 Å². The van der Waals surface area contributed by atoms with Crippen LogP contribution in [0.5, 0.6) is 0 Å². The molecule has 1 unspecified atom stereocenters. The first-order valence-corrected chi connectivity index (χ1v) is 5.65. The molecule has 0 aliphatic heterocycles. The number of anilines is 1. The fourth-order valence-corrected chi connectivity index (χ4v) is 1.04. The number of benzene rings is 1. The van der Waals surface area contributed by atoms with Crippen molar-refractivity contribution in [3.63, 3.8) is 0 Å². The van der Waals surface area contributed by atoms with Crippen molar-refractivity contribution in [3.05, 3.63) is 30.3 Å². The molecule has 1 aromatic rings. The molecule has 0 bridgehead atoms. The molecule has 0 aliphatic carbocycles. The molecule has 2 N–H and O–H groups in total. The van der Waals surface area contributed by atoms with Gasteiger partial charge < -0.3 is 0 Å². The molecule has 4 nitrogen and oxygen atoms in total. The number of hydrogen-bond acceptors (Lipinski definition) is 3. The van der Waals surface area contributed by atoms with Crippen LogP contribution in [0, 0.1) is 0 Å². The fourth-order valence-electron chi connectivity index (χ4n) is 0.609. The van der Waals surface area contributed by atoms with E-state index in [1.54, 1.807) is 24.3 Å². The number of hydrogen-bond donors (Lipinski definition) is 2. The molecule has 5 heteroatoms. The molecule has 0 fully saturated rings. The van der Waals surface area contributed by atoms with E-state index in [-0.39, 0.29) is 0 Å². The Morgan fingerprint density at radius 2 is 2.00 bits per heavy atom. The van der Waals surface area contributed by atoms with Crippen molar-refractivity contribution in [1.29, 1.82) is 0 Å². The van der Waals surface area contributed by atoms with Crippen molar-refractivity contribution in [2.24, 2.45) is 0 Å². The van der Waals surface area contributed by atoms with Crippen LogP contribution in [-0.2, 0) is 7.57 Å². The zero-order valence-corrected chi connectivity index (χ0v) is 7.75. The number of rotatable bonds is 3.